The van der Waals surface area contributed by atoms with Crippen LogP contribution in [-0.2, 0) is 52.8 Å². The molecule has 3 aromatic carbocycles. The summed E-state index contributed by atoms with van der Waals surface area (Å²) in [7, 11) is 0. The van der Waals surface area contributed by atoms with E-state index in [1.165, 1.54) is 36.0 Å². The molecule has 0 aliphatic rings. The summed E-state index contributed by atoms with van der Waals surface area (Å²) in [5.41, 5.74) is 9.24. The summed E-state index contributed by atoms with van der Waals surface area (Å²) in [6, 6.07) is 14.5. The van der Waals surface area contributed by atoms with Gasteiger partial charge >= 0.3 is 11.9 Å². The fourth-order valence-electron chi connectivity index (χ4n) is 6.87. The largest absolute Gasteiger partial charge is 0.508 e. The number of aromatic nitrogens is 1. The van der Waals surface area contributed by atoms with Crippen LogP contribution in [-0.4, -0.2) is 110 Å². The van der Waals surface area contributed by atoms with Crippen molar-refractivity contribution in [2.24, 2.45) is 11.7 Å². The van der Waals surface area contributed by atoms with Gasteiger partial charge in [-0.05, 0) is 78.5 Å². The van der Waals surface area contributed by atoms with Crippen LogP contribution in [0.5, 0.6) is 5.75 Å². The molecular formula is C45H57N7O10S. The van der Waals surface area contributed by atoms with E-state index in [0.29, 0.717) is 16.9 Å². The second-order valence-electron chi connectivity index (χ2n) is 15.7. The van der Waals surface area contributed by atoms with Crippen molar-refractivity contribution in [2.75, 3.05) is 12.0 Å². The van der Waals surface area contributed by atoms with E-state index in [0.717, 1.165) is 16.5 Å². The standard InChI is InChI=1S/C45H57N7O10S/c1-26(2)21-36(43(59)49-34(17-18-39(54)55)41(57)52-38(45(61)62)23-28-13-15-30(53)16-14-28)50-44(60)37(22-27-9-5-4-6-10-27)51-42(58)35(19-20-63-3)48-40(56)32(46)24-29-25-47-33-12-8-7-11-31(29)33/h4-16,25-26,32,34-38,47,53H,17-24,46H2,1-3H3,(H,48,56)(H,49,59)(H,50,60)(H,51,58)(H,52,57)(H,54,55)(H,61,62)/t32-,34-,35-,36-,37-,38-/m0/s1. The number of carbonyl (C=O) groups is 7. The zero-order valence-corrected chi connectivity index (χ0v) is 36.3. The summed E-state index contributed by atoms with van der Waals surface area (Å²) in [5.74, 6) is -6.15. The van der Waals surface area contributed by atoms with Gasteiger partial charge in [0.25, 0.3) is 0 Å². The van der Waals surface area contributed by atoms with Gasteiger partial charge in [0.05, 0.1) is 6.04 Å². The first-order valence-corrected chi connectivity index (χ1v) is 22.0. The summed E-state index contributed by atoms with van der Waals surface area (Å²) in [6.45, 7) is 3.60. The van der Waals surface area contributed by atoms with E-state index in [1.54, 1.807) is 50.4 Å². The zero-order valence-electron chi connectivity index (χ0n) is 35.5. The number of phenolic OH excluding ortho intramolecular Hbond substituents is 1. The van der Waals surface area contributed by atoms with Crippen molar-refractivity contribution in [3.63, 3.8) is 0 Å². The van der Waals surface area contributed by atoms with E-state index in [1.807, 2.05) is 30.5 Å². The van der Waals surface area contributed by atoms with Gasteiger partial charge in [-0.15, -0.1) is 0 Å². The van der Waals surface area contributed by atoms with E-state index in [-0.39, 0.29) is 43.8 Å². The number of carbonyl (C=O) groups excluding carboxylic acids is 5. The molecule has 0 radical (unpaired) electrons. The highest BCUT2D eigenvalue weighted by Gasteiger charge is 2.34. The first-order valence-electron chi connectivity index (χ1n) is 20.6. The molecule has 0 spiro atoms. The predicted molar refractivity (Wildman–Crippen MR) is 239 cm³/mol. The van der Waals surface area contributed by atoms with Crippen molar-refractivity contribution in [3.8, 4) is 5.75 Å². The molecule has 0 aliphatic heterocycles. The Bertz CT molecular complexity index is 2180. The minimum atomic E-state index is -1.51. The van der Waals surface area contributed by atoms with Gasteiger partial charge in [0.1, 0.15) is 36.0 Å². The first kappa shape index (κ1) is 49.3. The third kappa shape index (κ3) is 15.8. The number of H-pyrrole nitrogens is 1. The van der Waals surface area contributed by atoms with Crippen LogP contribution < -0.4 is 32.3 Å². The van der Waals surface area contributed by atoms with Crippen LogP contribution in [0.3, 0.4) is 0 Å². The molecule has 338 valence electrons. The molecule has 5 amide bonds. The molecule has 0 saturated heterocycles. The van der Waals surface area contributed by atoms with Crippen molar-refractivity contribution in [2.45, 2.75) is 95.0 Å². The number of rotatable bonds is 25. The average Bonchev–Trinajstić information content (AvgIpc) is 3.65. The van der Waals surface area contributed by atoms with Gasteiger partial charge in [-0.3, -0.25) is 28.8 Å². The molecular weight excluding hydrogens is 831 g/mol. The molecule has 0 saturated carbocycles. The van der Waals surface area contributed by atoms with Gasteiger partial charge in [0.15, 0.2) is 0 Å². The average molecular weight is 888 g/mol. The SMILES string of the molecule is CSCC[C@H](NC(=O)[C@@H](N)Cc1c[nH]c2ccccc12)C(=O)N[C@@H](Cc1ccccc1)C(=O)N[C@@H](CC(C)C)C(=O)N[C@@H](CCC(=O)O)C(=O)N[C@@H](Cc1ccc(O)cc1)C(=O)O. The van der Waals surface area contributed by atoms with E-state index in [9.17, 15) is 48.9 Å². The van der Waals surface area contributed by atoms with Crippen molar-refractivity contribution in [3.05, 3.63) is 102 Å². The van der Waals surface area contributed by atoms with Crippen LogP contribution in [0.25, 0.3) is 10.9 Å². The normalized spacial score (nSPS) is 14.0. The Morgan fingerprint density at radius 2 is 1.16 bits per heavy atom. The molecule has 0 fully saturated rings. The molecule has 0 aliphatic carbocycles. The Kier molecular flexibility index (Phi) is 19.0. The van der Waals surface area contributed by atoms with Crippen molar-refractivity contribution in [1.29, 1.82) is 0 Å². The molecule has 1 heterocycles. The van der Waals surface area contributed by atoms with Crippen molar-refractivity contribution < 1.29 is 48.9 Å². The number of aromatic amines is 1. The number of nitrogens with one attached hydrogen (secondary N) is 6. The smallest absolute Gasteiger partial charge is 0.326 e. The lowest BCUT2D eigenvalue weighted by atomic mass is 10.00. The molecule has 4 rings (SSSR count). The molecule has 1 aromatic heterocycles. The number of hydrogen-bond acceptors (Lipinski definition) is 10. The minimum Gasteiger partial charge on any atom is -0.508 e. The molecule has 63 heavy (non-hydrogen) atoms. The summed E-state index contributed by atoms with van der Waals surface area (Å²) in [6.07, 6.45) is 2.98. The maximum absolute atomic E-state index is 14.2. The molecule has 17 nitrogen and oxygen atoms in total. The number of para-hydroxylation sites is 1. The fourth-order valence-corrected chi connectivity index (χ4v) is 7.34. The van der Waals surface area contributed by atoms with E-state index < -0.39 is 90.6 Å². The van der Waals surface area contributed by atoms with Crippen LogP contribution >= 0.6 is 11.8 Å². The number of carboxylic acid groups (broad SMARTS) is 2. The number of nitrogens with two attached hydrogens (primary N) is 1. The number of aromatic hydroxyl groups is 1. The Morgan fingerprint density at radius 3 is 1.79 bits per heavy atom. The third-order valence-corrected chi connectivity index (χ3v) is 10.9. The maximum Gasteiger partial charge on any atom is 0.326 e. The van der Waals surface area contributed by atoms with E-state index in [4.69, 9.17) is 5.73 Å². The highest BCUT2D eigenvalue weighted by molar-refractivity contribution is 7.98. The van der Waals surface area contributed by atoms with Gasteiger partial charge in [0, 0.05) is 36.4 Å². The molecule has 18 heteroatoms. The summed E-state index contributed by atoms with van der Waals surface area (Å²) in [4.78, 5) is 96.1. The second kappa shape index (κ2) is 24.3. The minimum absolute atomic E-state index is 0.00104. The monoisotopic (exact) mass is 887 g/mol. The Balaban J connectivity index is 1.52. The molecule has 11 N–H and O–H groups in total. The number of phenols is 1. The van der Waals surface area contributed by atoms with Crippen LogP contribution in [0.2, 0.25) is 0 Å². The number of carboxylic acids is 2. The summed E-state index contributed by atoms with van der Waals surface area (Å²) >= 11 is 1.46. The highest BCUT2D eigenvalue weighted by atomic mass is 32.2. The summed E-state index contributed by atoms with van der Waals surface area (Å²) in [5, 5.41) is 43.0. The molecule has 6 atom stereocenters. The van der Waals surface area contributed by atoms with Gasteiger partial charge in [-0.2, -0.15) is 11.8 Å². The fraction of sp³-hybridized carbons (Fsp3) is 0.400. The van der Waals surface area contributed by atoms with Crippen molar-refractivity contribution >= 4 is 64.1 Å². The Morgan fingerprint density at radius 1 is 0.635 bits per heavy atom. The topological polar surface area (TPSA) is 282 Å². The van der Waals surface area contributed by atoms with E-state index in [2.05, 4.69) is 31.6 Å². The lowest BCUT2D eigenvalue weighted by Gasteiger charge is -2.28. The van der Waals surface area contributed by atoms with Gasteiger partial charge in [0.2, 0.25) is 29.5 Å². The van der Waals surface area contributed by atoms with Crippen LogP contribution in [0, 0.1) is 5.92 Å². The van der Waals surface area contributed by atoms with Crippen LogP contribution in [0.15, 0.2) is 85.1 Å². The number of hydrogen-bond donors (Lipinski definition) is 10. The van der Waals surface area contributed by atoms with Crippen LogP contribution in [0.4, 0.5) is 0 Å². The van der Waals surface area contributed by atoms with Crippen molar-refractivity contribution in [1.82, 2.24) is 31.6 Å². The molecule has 0 unspecified atom stereocenters. The Labute approximate surface area is 369 Å². The number of fused-ring (bicyclic) bond motifs is 1. The number of benzene rings is 3. The first-order chi connectivity index (χ1) is 30.0. The van der Waals surface area contributed by atoms with Gasteiger partial charge in [-0.25, -0.2) is 4.79 Å². The maximum atomic E-state index is 14.2. The van der Waals surface area contributed by atoms with E-state index >= 15 is 0 Å². The lowest BCUT2D eigenvalue weighted by molar-refractivity contribution is -0.143. The number of amides is 5. The molecule has 4 aromatic rings. The van der Waals surface area contributed by atoms with Crippen LogP contribution in [0.1, 0.15) is 56.2 Å². The predicted octanol–water partition coefficient (Wildman–Crippen LogP) is 2.40. The lowest BCUT2D eigenvalue weighted by Crippen LogP contribution is -2.60. The number of thioether (sulfide) groups is 1. The summed E-state index contributed by atoms with van der Waals surface area (Å²) < 4.78 is 0. The third-order valence-electron chi connectivity index (χ3n) is 10.2. The zero-order chi connectivity index (χ0) is 46.1. The Hall–Kier alpha value is -6.40. The highest BCUT2D eigenvalue weighted by Crippen LogP contribution is 2.19. The molecule has 0 bridgehead atoms. The number of aliphatic carboxylic acids is 2. The quantitative estimate of drug-likeness (QED) is 0.0460. The van der Waals surface area contributed by atoms with Gasteiger partial charge in [-0.1, -0.05) is 74.5 Å². The van der Waals surface area contributed by atoms with Gasteiger partial charge < -0.3 is 52.6 Å². The second-order valence-corrected chi connectivity index (χ2v) is 16.7.